The number of hydrogen-bond donors (Lipinski definition) is 0. The molecule has 76 valence electrons. The molecule has 0 aromatic heterocycles. The van der Waals surface area contributed by atoms with Crippen LogP contribution in [0.4, 0.5) is 0 Å². The Morgan fingerprint density at radius 2 is 1.92 bits per heavy atom. The van der Waals surface area contributed by atoms with Crippen LogP contribution in [0.3, 0.4) is 0 Å². The highest BCUT2D eigenvalue weighted by Gasteiger charge is 2.34. The van der Waals surface area contributed by atoms with Gasteiger partial charge in [-0.3, -0.25) is 4.79 Å². The fraction of sp³-hybridized carbons (Fsp3) is 0.900. The highest BCUT2D eigenvalue weighted by molar-refractivity contribution is 5.81. The first-order chi connectivity index (χ1) is 6.06. The molecule has 0 saturated carbocycles. The number of hydrogen-bond acceptors (Lipinski definition) is 2. The van der Waals surface area contributed by atoms with Crippen molar-refractivity contribution in [3.8, 4) is 0 Å². The number of amides is 1. The van der Waals surface area contributed by atoms with Gasteiger partial charge in [0.05, 0.1) is 0 Å². The van der Waals surface area contributed by atoms with E-state index in [0.29, 0.717) is 11.8 Å². The summed E-state index contributed by atoms with van der Waals surface area (Å²) in [5, 5.41) is 0. The van der Waals surface area contributed by atoms with Crippen LogP contribution in [-0.2, 0) is 9.53 Å². The average Bonchev–Trinajstić information content (AvgIpc) is 1.99. The van der Waals surface area contributed by atoms with E-state index < -0.39 is 0 Å². The van der Waals surface area contributed by atoms with E-state index in [4.69, 9.17) is 4.74 Å². The number of carbonyl (C=O) groups excluding carboxylic acids is 1. The van der Waals surface area contributed by atoms with Crippen molar-refractivity contribution in [1.29, 1.82) is 0 Å². The molecule has 0 bridgehead atoms. The Morgan fingerprint density at radius 1 is 1.38 bits per heavy atom. The van der Waals surface area contributed by atoms with Crippen LogP contribution in [0.25, 0.3) is 0 Å². The molecule has 0 spiro atoms. The van der Waals surface area contributed by atoms with Gasteiger partial charge in [0.25, 0.3) is 5.91 Å². The summed E-state index contributed by atoms with van der Waals surface area (Å²) in [7, 11) is 1.57. The van der Waals surface area contributed by atoms with Gasteiger partial charge in [0.2, 0.25) is 0 Å². The van der Waals surface area contributed by atoms with Crippen molar-refractivity contribution in [3.63, 3.8) is 0 Å². The number of ether oxygens (including phenoxy) is 1. The van der Waals surface area contributed by atoms with Gasteiger partial charge in [0.15, 0.2) is 0 Å². The largest absolute Gasteiger partial charge is 0.372 e. The monoisotopic (exact) mass is 185 g/mol. The summed E-state index contributed by atoms with van der Waals surface area (Å²) < 4.78 is 4.97. The maximum Gasteiger partial charge on any atom is 0.251 e. The van der Waals surface area contributed by atoms with E-state index in [-0.39, 0.29) is 12.0 Å². The lowest BCUT2D eigenvalue weighted by atomic mass is 9.88. The van der Waals surface area contributed by atoms with E-state index in [1.165, 1.54) is 0 Å². The summed E-state index contributed by atoms with van der Waals surface area (Å²) in [5.74, 6) is 1.49. The molecule has 1 atom stereocenters. The molecule has 1 unspecified atom stereocenters. The third-order valence-corrected chi connectivity index (χ3v) is 2.87. The highest BCUT2D eigenvalue weighted by Crippen LogP contribution is 2.23. The Bertz CT molecular complexity index is 185. The summed E-state index contributed by atoms with van der Waals surface area (Å²) >= 11 is 0. The fourth-order valence-electron chi connectivity index (χ4n) is 1.47. The van der Waals surface area contributed by atoms with Crippen LogP contribution in [0.1, 0.15) is 20.8 Å². The molecule has 1 saturated heterocycles. The van der Waals surface area contributed by atoms with Crippen LogP contribution in [0.15, 0.2) is 0 Å². The van der Waals surface area contributed by atoms with E-state index in [2.05, 4.69) is 13.8 Å². The van der Waals surface area contributed by atoms with Gasteiger partial charge >= 0.3 is 0 Å². The lowest BCUT2D eigenvalue weighted by molar-refractivity contribution is -0.148. The lowest BCUT2D eigenvalue weighted by Crippen LogP contribution is -2.54. The Kier molecular flexibility index (Phi) is 3.31. The number of rotatable bonds is 3. The van der Waals surface area contributed by atoms with E-state index in [0.717, 1.165) is 13.1 Å². The summed E-state index contributed by atoms with van der Waals surface area (Å²) in [5.41, 5.74) is 0. The summed E-state index contributed by atoms with van der Waals surface area (Å²) in [6, 6.07) is 0. The van der Waals surface area contributed by atoms with Crippen LogP contribution in [-0.4, -0.2) is 37.1 Å². The first-order valence-corrected chi connectivity index (χ1v) is 4.87. The first-order valence-electron chi connectivity index (χ1n) is 4.87. The Hall–Kier alpha value is -0.570. The van der Waals surface area contributed by atoms with Gasteiger partial charge in [-0.15, -0.1) is 0 Å². The fourth-order valence-corrected chi connectivity index (χ4v) is 1.47. The maximum absolute atomic E-state index is 11.5. The maximum atomic E-state index is 11.5. The number of nitrogens with zero attached hydrogens (tertiary/aromatic N) is 1. The van der Waals surface area contributed by atoms with E-state index in [9.17, 15) is 4.79 Å². The van der Waals surface area contributed by atoms with Crippen molar-refractivity contribution in [2.24, 2.45) is 11.8 Å². The van der Waals surface area contributed by atoms with Gasteiger partial charge in [-0.1, -0.05) is 13.8 Å². The first kappa shape index (κ1) is 10.5. The molecule has 0 radical (unpaired) electrons. The van der Waals surface area contributed by atoms with Gasteiger partial charge in [-0.25, -0.2) is 0 Å². The van der Waals surface area contributed by atoms with Gasteiger partial charge < -0.3 is 9.64 Å². The molecular formula is C10H19NO2. The Balaban J connectivity index is 2.31. The molecular weight excluding hydrogens is 166 g/mol. The van der Waals surface area contributed by atoms with Gasteiger partial charge in [-0.05, 0) is 18.8 Å². The molecule has 3 nitrogen and oxygen atoms in total. The summed E-state index contributed by atoms with van der Waals surface area (Å²) in [4.78, 5) is 13.4. The minimum Gasteiger partial charge on any atom is -0.372 e. The minimum absolute atomic E-state index is 0.124. The Morgan fingerprint density at radius 3 is 2.31 bits per heavy atom. The van der Waals surface area contributed by atoms with Crippen LogP contribution < -0.4 is 0 Å². The molecule has 1 heterocycles. The minimum atomic E-state index is -0.284. The summed E-state index contributed by atoms with van der Waals surface area (Å²) in [6.07, 6.45) is -0.284. The highest BCUT2D eigenvalue weighted by atomic mass is 16.5. The van der Waals surface area contributed by atoms with Crippen molar-refractivity contribution in [2.45, 2.75) is 26.9 Å². The third kappa shape index (κ3) is 2.21. The second kappa shape index (κ2) is 4.09. The normalized spacial score (nSPS) is 20.2. The second-order valence-electron chi connectivity index (χ2n) is 4.13. The molecule has 0 N–H and O–H groups in total. The average molecular weight is 185 g/mol. The van der Waals surface area contributed by atoms with Crippen molar-refractivity contribution in [3.05, 3.63) is 0 Å². The van der Waals surface area contributed by atoms with E-state index in [1.54, 1.807) is 14.0 Å². The predicted molar refractivity (Wildman–Crippen MR) is 51.4 cm³/mol. The van der Waals surface area contributed by atoms with Crippen molar-refractivity contribution in [2.75, 3.05) is 20.2 Å². The SMILES string of the molecule is COC(C)C(=O)N1CC(C(C)C)C1. The lowest BCUT2D eigenvalue weighted by Gasteiger charge is -2.42. The van der Waals surface area contributed by atoms with E-state index >= 15 is 0 Å². The molecule has 13 heavy (non-hydrogen) atoms. The molecule has 0 aromatic rings. The molecule has 1 aliphatic rings. The van der Waals surface area contributed by atoms with Crippen LogP contribution in [0.5, 0.6) is 0 Å². The molecule has 0 aliphatic carbocycles. The predicted octanol–water partition coefficient (Wildman–Crippen LogP) is 1.14. The summed E-state index contributed by atoms with van der Waals surface area (Å²) in [6.45, 7) is 8.01. The van der Waals surface area contributed by atoms with Crippen molar-refractivity contribution in [1.82, 2.24) is 4.90 Å². The standard InChI is InChI=1S/C10H19NO2/c1-7(2)9-5-11(6-9)10(12)8(3)13-4/h7-9H,5-6H2,1-4H3. The van der Waals surface area contributed by atoms with Gasteiger partial charge in [-0.2, -0.15) is 0 Å². The van der Waals surface area contributed by atoms with Crippen LogP contribution in [0.2, 0.25) is 0 Å². The quantitative estimate of drug-likeness (QED) is 0.659. The van der Waals surface area contributed by atoms with Gasteiger partial charge in [0.1, 0.15) is 6.10 Å². The van der Waals surface area contributed by atoms with Gasteiger partial charge in [0, 0.05) is 20.2 Å². The molecule has 0 aromatic carbocycles. The smallest absolute Gasteiger partial charge is 0.251 e. The third-order valence-electron chi connectivity index (χ3n) is 2.87. The zero-order valence-electron chi connectivity index (χ0n) is 8.91. The van der Waals surface area contributed by atoms with E-state index in [1.807, 2.05) is 4.90 Å². The molecule has 1 amide bonds. The Labute approximate surface area is 80.1 Å². The number of carbonyl (C=O) groups is 1. The molecule has 1 aliphatic heterocycles. The number of methoxy groups -OCH3 is 1. The zero-order chi connectivity index (χ0) is 10.0. The zero-order valence-corrected chi connectivity index (χ0v) is 8.91. The number of likely N-dealkylation sites (tertiary alicyclic amines) is 1. The van der Waals surface area contributed by atoms with Crippen LogP contribution >= 0.6 is 0 Å². The molecule has 1 fully saturated rings. The second-order valence-corrected chi connectivity index (χ2v) is 4.13. The van der Waals surface area contributed by atoms with Crippen molar-refractivity contribution < 1.29 is 9.53 Å². The molecule has 3 heteroatoms. The van der Waals surface area contributed by atoms with Crippen LogP contribution in [0, 0.1) is 11.8 Å². The van der Waals surface area contributed by atoms with Crippen molar-refractivity contribution >= 4 is 5.91 Å². The topological polar surface area (TPSA) is 29.5 Å². The molecule has 1 rings (SSSR count).